The second-order valence-corrected chi connectivity index (χ2v) is 9.83. The zero-order valence-corrected chi connectivity index (χ0v) is 19.7. The molecule has 1 unspecified atom stereocenters. The van der Waals surface area contributed by atoms with Crippen LogP contribution in [0.5, 0.6) is 0 Å². The van der Waals surface area contributed by atoms with E-state index in [0.717, 1.165) is 58.2 Å². The molecule has 5 nitrogen and oxygen atoms in total. The third-order valence-electron chi connectivity index (χ3n) is 7.47. The molecule has 1 saturated carbocycles. The summed E-state index contributed by atoms with van der Waals surface area (Å²) in [5.74, 6) is -0.166. The van der Waals surface area contributed by atoms with Gasteiger partial charge in [0.1, 0.15) is 0 Å². The van der Waals surface area contributed by atoms with Crippen molar-refractivity contribution in [3.63, 3.8) is 0 Å². The third-order valence-corrected chi connectivity index (χ3v) is 7.47. The highest BCUT2D eigenvalue weighted by atomic mass is 16.5. The second kappa shape index (κ2) is 11.8. The van der Waals surface area contributed by atoms with Crippen LogP contribution in [0.15, 0.2) is 54.9 Å². The van der Waals surface area contributed by atoms with Crippen LogP contribution < -0.4 is 0 Å². The van der Waals surface area contributed by atoms with E-state index in [9.17, 15) is 9.90 Å². The van der Waals surface area contributed by atoms with Crippen molar-refractivity contribution in [2.45, 2.75) is 63.4 Å². The minimum atomic E-state index is -1.56. The van der Waals surface area contributed by atoms with Crippen molar-refractivity contribution in [2.24, 2.45) is 11.8 Å². The molecule has 0 bridgehead atoms. The summed E-state index contributed by atoms with van der Waals surface area (Å²) in [6.07, 6.45) is 12.9. The molecule has 1 saturated heterocycles. The first-order valence-electron chi connectivity index (χ1n) is 12.7. The smallest absolute Gasteiger partial charge is 0.343 e. The third kappa shape index (κ3) is 6.21. The minimum Gasteiger partial charge on any atom is -0.463 e. The lowest BCUT2D eigenvalue weighted by Gasteiger charge is -2.37. The van der Waals surface area contributed by atoms with Crippen molar-refractivity contribution in [1.29, 1.82) is 0 Å². The summed E-state index contributed by atoms with van der Waals surface area (Å²) in [4.78, 5) is 20.0. The monoisotopic (exact) mass is 450 g/mol. The van der Waals surface area contributed by atoms with Gasteiger partial charge in [0.15, 0.2) is 5.60 Å². The summed E-state index contributed by atoms with van der Waals surface area (Å²) >= 11 is 0. The van der Waals surface area contributed by atoms with Gasteiger partial charge in [0, 0.05) is 24.9 Å². The van der Waals surface area contributed by atoms with E-state index in [0.29, 0.717) is 18.1 Å². The average Bonchev–Trinajstić information content (AvgIpc) is 3.38. The number of hydrogen-bond acceptors (Lipinski definition) is 5. The predicted octanol–water partition coefficient (Wildman–Crippen LogP) is 4.74. The van der Waals surface area contributed by atoms with E-state index in [1.165, 1.54) is 24.8 Å². The van der Waals surface area contributed by atoms with Gasteiger partial charge in [-0.2, -0.15) is 0 Å². The molecule has 2 fully saturated rings. The molecule has 178 valence electrons. The van der Waals surface area contributed by atoms with E-state index in [1.807, 2.05) is 42.7 Å². The van der Waals surface area contributed by atoms with E-state index >= 15 is 0 Å². The van der Waals surface area contributed by atoms with Gasteiger partial charge >= 0.3 is 5.97 Å². The summed E-state index contributed by atoms with van der Waals surface area (Å²) in [7, 11) is 0. The number of likely N-dealkylation sites (tertiary alicyclic amines) is 1. The van der Waals surface area contributed by atoms with Crippen molar-refractivity contribution in [3.8, 4) is 0 Å². The zero-order chi connectivity index (χ0) is 22.9. The molecule has 2 aromatic rings. The number of carbonyl (C=O) groups excluding carboxylic acids is 1. The number of carbonyl (C=O) groups is 1. The molecule has 1 aromatic heterocycles. The first-order chi connectivity index (χ1) is 16.2. The van der Waals surface area contributed by atoms with E-state index in [-0.39, 0.29) is 5.92 Å². The molecule has 0 amide bonds. The number of nitrogens with zero attached hydrogens (tertiary/aromatic N) is 2. The Kier molecular flexibility index (Phi) is 8.51. The topological polar surface area (TPSA) is 62.7 Å². The molecule has 1 aliphatic heterocycles. The highest BCUT2D eigenvalue weighted by Crippen LogP contribution is 2.40. The standard InChI is InChI=1S/C28H38N2O3/c31-27(28(32,25-9-3-1-4-10-25)26-11-5-2-6-12-26)33-20-15-24(22-30-18-7-8-19-30)21-23-13-16-29-17-14-23/h1,3-4,9-10,13-14,16-17,24,26,32H,2,5-8,11-12,15,18-22H2/t24-,28?/m0/s1. The fourth-order valence-electron chi connectivity index (χ4n) is 5.60. The molecule has 0 spiro atoms. The van der Waals surface area contributed by atoms with Crippen molar-refractivity contribution >= 4 is 5.97 Å². The normalized spacial score (nSPS) is 20.3. The number of pyridine rings is 1. The van der Waals surface area contributed by atoms with Crippen molar-refractivity contribution in [3.05, 3.63) is 66.0 Å². The number of hydrogen-bond donors (Lipinski definition) is 1. The van der Waals surface area contributed by atoms with Crippen LogP contribution in [0, 0.1) is 11.8 Å². The molecule has 4 rings (SSSR count). The Balaban J connectivity index is 1.41. The largest absolute Gasteiger partial charge is 0.463 e. The highest BCUT2D eigenvalue weighted by molar-refractivity contribution is 5.81. The number of ether oxygens (including phenoxy) is 1. The maximum Gasteiger partial charge on any atom is 0.343 e. The van der Waals surface area contributed by atoms with Gasteiger partial charge in [0.2, 0.25) is 0 Å². The van der Waals surface area contributed by atoms with Gasteiger partial charge in [0.05, 0.1) is 6.61 Å². The lowest BCUT2D eigenvalue weighted by molar-refractivity contribution is -0.176. The van der Waals surface area contributed by atoms with Crippen molar-refractivity contribution in [1.82, 2.24) is 9.88 Å². The fraction of sp³-hybridized carbons (Fsp3) is 0.571. The highest BCUT2D eigenvalue weighted by Gasteiger charge is 2.47. The van der Waals surface area contributed by atoms with Gasteiger partial charge in [-0.1, -0.05) is 49.6 Å². The minimum absolute atomic E-state index is 0.0848. The number of benzene rings is 1. The van der Waals surface area contributed by atoms with Crippen LogP contribution in [0.25, 0.3) is 0 Å². The molecular weight excluding hydrogens is 412 g/mol. The fourth-order valence-corrected chi connectivity index (χ4v) is 5.60. The van der Waals surface area contributed by atoms with Crippen LogP contribution >= 0.6 is 0 Å². The molecule has 1 aliphatic carbocycles. The van der Waals surface area contributed by atoms with E-state index in [1.54, 1.807) is 0 Å². The maximum atomic E-state index is 13.4. The summed E-state index contributed by atoms with van der Waals surface area (Å²) in [5.41, 5.74) is 0.368. The number of aromatic nitrogens is 1. The Morgan fingerprint density at radius 1 is 1.03 bits per heavy atom. The number of esters is 1. The van der Waals surface area contributed by atoms with E-state index in [4.69, 9.17) is 4.74 Å². The molecular formula is C28H38N2O3. The van der Waals surface area contributed by atoms with E-state index < -0.39 is 11.6 Å². The first kappa shape index (κ1) is 23.9. The molecule has 33 heavy (non-hydrogen) atoms. The Morgan fingerprint density at radius 2 is 1.73 bits per heavy atom. The number of rotatable bonds is 10. The van der Waals surface area contributed by atoms with Crippen LogP contribution in [0.4, 0.5) is 0 Å². The van der Waals surface area contributed by atoms with Crippen molar-refractivity contribution in [2.75, 3.05) is 26.2 Å². The quantitative estimate of drug-likeness (QED) is 0.530. The molecule has 0 radical (unpaired) electrons. The molecule has 5 heteroatoms. The SMILES string of the molecule is O=C(OCC[C@@H](Cc1ccncc1)CN1CCCC1)C(O)(c1ccccc1)C1CCCCC1. The summed E-state index contributed by atoms with van der Waals surface area (Å²) in [6.45, 7) is 3.67. The van der Waals surface area contributed by atoms with Gasteiger partial charge < -0.3 is 14.7 Å². The van der Waals surface area contributed by atoms with Crippen LogP contribution in [0.2, 0.25) is 0 Å². The average molecular weight is 451 g/mol. The van der Waals surface area contributed by atoms with Crippen molar-refractivity contribution < 1.29 is 14.6 Å². The van der Waals surface area contributed by atoms with Gasteiger partial charge in [-0.25, -0.2) is 4.79 Å². The lowest BCUT2D eigenvalue weighted by atomic mass is 9.73. The number of aliphatic hydroxyl groups is 1. The second-order valence-electron chi connectivity index (χ2n) is 9.83. The predicted molar refractivity (Wildman–Crippen MR) is 130 cm³/mol. The molecule has 1 aromatic carbocycles. The first-order valence-corrected chi connectivity index (χ1v) is 12.7. The van der Waals surface area contributed by atoms with Gasteiger partial charge in [0.25, 0.3) is 0 Å². The van der Waals surface area contributed by atoms with Crippen LogP contribution in [-0.2, 0) is 21.6 Å². The van der Waals surface area contributed by atoms with Gasteiger partial charge in [-0.15, -0.1) is 0 Å². The Morgan fingerprint density at radius 3 is 2.42 bits per heavy atom. The Bertz CT molecular complexity index is 848. The zero-order valence-electron chi connectivity index (χ0n) is 19.7. The molecule has 2 heterocycles. The summed E-state index contributed by atoms with van der Waals surface area (Å²) in [6, 6.07) is 13.5. The lowest BCUT2D eigenvalue weighted by Crippen LogP contribution is -2.45. The molecule has 2 atom stereocenters. The summed E-state index contributed by atoms with van der Waals surface area (Å²) < 4.78 is 5.83. The Labute approximate surface area is 198 Å². The molecule has 1 N–H and O–H groups in total. The Hall–Kier alpha value is -2.24. The van der Waals surface area contributed by atoms with Gasteiger partial charge in [-0.3, -0.25) is 4.98 Å². The van der Waals surface area contributed by atoms with Crippen LogP contribution in [0.1, 0.15) is 62.5 Å². The maximum absolute atomic E-state index is 13.4. The summed E-state index contributed by atoms with van der Waals surface area (Å²) in [5, 5.41) is 11.7. The molecule has 2 aliphatic rings. The van der Waals surface area contributed by atoms with Crippen LogP contribution in [0.3, 0.4) is 0 Å². The van der Waals surface area contributed by atoms with Crippen LogP contribution in [-0.4, -0.2) is 47.2 Å². The van der Waals surface area contributed by atoms with E-state index in [2.05, 4.69) is 22.0 Å². The van der Waals surface area contributed by atoms with Gasteiger partial charge in [-0.05, 0) is 80.8 Å².